The molecular formula is C18H21N3O3S. The first kappa shape index (κ1) is 17.6. The number of carbonyl (C=O) groups is 2. The van der Waals surface area contributed by atoms with Crippen molar-refractivity contribution < 1.29 is 14.0 Å². The van der Waals surface area contributed by atoms with E-state index in [1.807, 2.05) is 55.4 Å². The first-order chi connectivity index (χ1) is 12.0. The van der Waals surface area contributed by atoms with E-state index in [9.17, 15) is 9.59 Å². The maximum atomic E-state index is 12.3. The minimum atomic E-state index is -0.420. The molecule has 1 aliphatic heterocycles. The zero-order valence-corrected chi connectivity index (χ0v) is 15.0. The summed E-state index contributed by atoms with van der Waals surface area (Å²) in [6, 6.07) is 11.3. The summed E-state index contributed by atoms with van der Waals surface area (Å²) in [5, 5.41) is 5.35. The van der Waals surface area contributed by atoms with Gasteiger partial charge in [-0.05, 0) is 38.4 Å². The molecule has 7 heteroatoms. The van der Waals surface area contributed by atoms with Crippen LogP contribution in [-0.2, 0) is 9.59 Å². The zero-order chi connectivity index (χ0) is 17.8. The van der Waals surface area contributed by atoms with Crippen molar-refractivity contribution in [2.24, 2.45) is 0 Å². The SMILES string of the molecule is CN(C)[C@@H](CNC(=O)C[C@H]1Sc2ccccc2NC1=O)c1ccco1. The monoisotopic (exact) mass is 359 g/mol. The summed E-state index contributed by atoms with van der Waals surface area (Å²) in [5.41, 5.74) is 0.805. The molecule has 2 N–H and O–H groups in total. The minimum absolute atomic E-state index is 0.0486. The topological polar surface area (TPSA) is 74.6 Å². The van der Waals surface area contributed by atoms with E-state index in [-0.39, 0.29) is 24.3 Å². The lowest BCUT2D eigenvalue weighted by Crippen LogP contribution is -2.38. The molecule has 0 saturated heterocycles. The summed E-state index contributed by atoms with van der Waals surface area (Å²) in [6.45, 7) is 0.426. The van der Waals surface area contributed by atoms with Crippen molar-refractivity contribution in [3.05, 3.63) is 48.4 Å². The van der Waals surface area contributed by atoms with Crippen LogP contribution in [0.1, 0.15) is 18.2 Å². The summed E-state index contributed by atoms with van der Waals surface area (Å²) >= 11 is 1.43. The lowest BCUT2D eigenvalue weighted by Gasteiger charge is -2.25. The van der Waals surface area contributed by atoms with Crippen molar-refractivity contribution >= 4 is 29.3 Å². The summed E-state index contributed by atoms with van der Waals surface area (Å²) < 4.78 is 5.43. The average Bonchev–Trinajstić information content (AvgIpc) is 3.09. The predicted molar refractivity (Wildman–Crippen MR) is 97.5 cm³/mol. The molecule has 0 fully saturated rings. The molecule has 1 aromatic carbocycles. The first-order valence-electron chi connectivity index (χ1n) is 8.07. The quantitative estimate of drug-likeness (QED) is 0.829. The van der Waals surface area contributed by atoms with Crippen LogP contribution in [0.25, 0.3) is 0 Å². The third kappa shape index (κ3) is 4.24. The fourth-order valence-corrected chi connectivity index (χ4v) is 3.81. The first-order valence-corrected chi connectivity index (χ1v) is 8.95. The van der Waals surface area contributed by atoms with Gasteiger partial charge in [0.2, 0.25) is 11.8 Å². The van der Waals surface area contributed by atoms with Crippen molar-refractivity contribution in [2.75, 3.05) is 26.0 Å². The molecule has 2 amide bonds. The van der Waals surface area contributed by atoms with E-state index in [0.717, 1.165) is 16.3 Å². The van der Waals surface area contributed by atoms with Gasteiger partial charge < -0.3 is 15.1 Å². The Hall–Kier alpha value is -2.25. The van der Waals surface area contributed by atoms with Crippen LogP contribution in [0, 0.1) is 0 Å². The van der Waals surface area contributed by atoms with Gasteiger partial charge in [-0.1, -0.05) is 12.1 Å². The highest BCUT2D eigenvalue weighted by Gasteiger charge is 2.29. The Morgan fingerprint density at radius 1 is 1.32 bits per heavy atom. The number of carbonyl (C=O) groups excluding carboxylic acids is 2. The molecule has 0 aliphatic carbocycles. The van der Waals surface area contributed by atoms with Crippen molar-refractivity contribution in [3.8, 4) is 0 Å². The van der Waals surface area contributed by atoms with Crippen LogP contribution in [0.4, 0.5) is 5.69 Å². The number of rotatable bonds is 6. The Balaban J connectivity index is 1.57. The van der Waals surface area contributed by atoms with Crippen LogP contribution >= 0.6 is 11.8 Å². The van der Waals surface area contributed by atoms with Gasteiger partial charge in [0.1, 0.15) is 5.76 Å². The van der Waals surface area contributed by atoms with Crippen molar-refractivity contribution in [1.82, 2.24) is 10.2 Å². The van der Waals surface area contributed by atoms with Crippen molar-refractivity contribution in [3.63, 3.8) is 0 Å². The molecule has 6 nitrogen and oxygen atoms in total. The smallest absolute Gasteiger partial charge is 0.238 e. The average molecular weight is 359 g/mol. The van der Waals surface area contributed by atoms with E-state index in [1.165, 1.54) is 11.8 Å². The molecule has 0 saturated carbocycles. The summed E-state index contributed by atoms with van der Waals surface area (Å²) in [7, 11) is 3.86. The molecule has 0 spiro atoms. The highest BCUT2D eigenvalue weighted by molar-refractivity contribution is 8.01. The fourth-order valence-electron chi connectivity index (χ4n) is 2.70. The summed E-state index contributed by atoms with van der Waals surface area (Å²) in [5.74, 6) is 0.517. The summed E-state index contributed by atoms with van der Waals surface area (Å²) in [6.07, 6.45) is 1.76. The molecule has 0 unspecified atom stereocenters. The number of hydrogen-bond donors (Lipinski definition) is 2. The zero-order valence-electron chi connectivity index (χ0n) is 14.2. The van der Waals surface area contributed by atoms with Gasteiger partial charge in [0.05, 0.1) is 23.2 Å². The van der Waals surface area contributed by atoms with Crippen LogP contribution in [0.5, 0.6) is 0 Å². The van der Waals surface area contributed by atoms with E-state index in [4.69, 9.17) is 4.42 Å². The van der Waals surface area contributed by atoms with Crippen LogP contribution in [-0.4, -0.2) is 42.6 Å². The molecule has 132 valence electrons. The number of furan rings is 1. The molecule has 0 radical (unpaired) electrons. The van der Waals surface area contributed by atoms with Gasteiger partial charge in [-0.25, -0.2) is 0 Å². The molecule has 2 atom stereocenters. The fraction of sp³-hybridized carbons (Fsp3) is 0.333. The van der Waals surface area contributed by atoms with E-state index >= 15 is 0 Å². The van der Waals surface area contributed by atoms with Crippen LogP contribution in [0.15, 0.2) is 52.0 Å². The third-order valence-corrected chi connectivity index (χ3v) is 5.34. The van der Waals surface area contributed by atoms with E-state index in [1.54, 1.807) is 6.26 Å². The Morgan fingerprint density at radius 2 is 2.12 bits per heavy atom. The van der Waals surface area contributed by atoms with Gasteiger partial charge in [-0.3, -0.25) is 14.5 Å². The molecule has 1 aromatic heterocycles. The number of amides is 2. The normalized spacial score (nSPS) is 17.7. The molecular weight excluding hydrogens is 338 g/mol. The Labute approximate surface area is 151 Å². The second-order valence-corrected chi connectivity index (χ2v) is 7.34. The van der Waals surface area contributed by atoms with Gasteiger partial charge in [0, 0.05) is 17.9 Å². The van der Waals surface area contributed by atoms with Gasteiger partial charge in [0.25, 0.3) is 0 Å². The van der Waals surface area contributed by atoms with Gasteiger partial charge in [-0.2, -0.15) is 0 Å². The van der Waals surface area contributed by atoms with Gasteiger partial charge in [0.15, 0.2) is 0 Å². The molecule has 25 heavy (non-hydrogen) atoms. The number of nitrogens with zero attached hydrogens (tertiary/aromatic N) is 1. The molecule has 2 heterocycles. The number of thioether (sulfide) groups is 1. The lowest BCUT2D eigenvalue weighted by molar-refractivity contribution is -0.124. The van der Waals surface area contributed by atoms with E-state index < -0.39 is 5.25 Å². The molecule has 3 rings (SSSR count). The van der Waals surface area contributed by atoms with Gasteiger partial charge in [-0.15, -0.1) is 11.8 Å². The van der Waals surface area contributed by atoms with Gasteiger partial charge >= 0.3 is 0 Å². The van der Waals surface area contributed by atoms with Crippen LogP contribution in [0.2, 0.25) is 0 Å². The van der Waals surface area contributed by atoms with Crippen LogP contribution in [0.3, 0.4) is 0 Å². The second-order valence-electron chi connectivity index (χ2n) is 6.09. The number of para-hydroxylation sites is 1. The predicted octanol–water partition coefficient (Wildman–Crippen LogP) is 2.50. The Morgan fingerprint density at radius 3 is 2.84 bits per heavy atom. The van der Waals surface area contributed by atoms with E-state index in [2.05, 4.69) is 10.6 Å². The minimum Gasteiger partial charge on any atom is -0.468 e. The van der Waals surface area contributed by atoms with Crippen LogP contribution < -0.4 is 10.6 Å². The molecule has 2 aromatic rings. The summed E-state index contributed by atoms with van der Waals surface area (Å²) in [4.78, 5) is 27.5. The number of hydrogen-bond acceptors (Lipinski definition) is 5. The highest BCUT2D eigenvalue weighted by Crippen LogP contribution is 2.36. The molecule has 1 aliphatic rings. The molecule has 0 bridgehead atoms. The number of likely N-dealkylation sites (N-methyl/N-ethyl adjacent to an activating group) is 1. The number of nitrogens with one attached hydrogen (secondary N) is 2. The Kier molecular flexibility index (Phi) is 5.45. The maximum absolute atomic E-state index is 12.3. The van der Waals surface area contributed by atoms with Crippen molar-refractivity contribution in [1.29, 1.82) is 0 Å². The highest BCUT2D eigenvalue weighted by atomic mass is 32.2. The maximum Gasteiger partial charge on any atom is 0.238 e. The van der Waals surface area contributed by atoms with E-state index in [0.29, 0.717) is 6.54 Å². The second kappa shape index (κ2) is 7.76. The van der Waals surface area contributed by atoms with Crippen molar-refractivity contribution in [2.45, 2.75) is 22.6 Å². The largest absolute Gasteiger partial charge is 0.468 e. The third-order valence-electron chi connectivity index (χ3n) is 4.06. The standard InChI is InChI=1S/C18H21N3O3S/c1-21(2)13(14-7-5-9-24-14)11-19-17(22)10-16-18(23)20-12-6-3-4-8-15(12)25-16/h3-9,13,16H,10-11H2,1-2H3,(H,19,22)(H,20,23)/t13-,16+/m0/s1. The lowest BCUT2D eigenvalue weighted by atomic mass is 10.2. The number of fused-ring (bicyclic) bond motifs is 1. The number of anilines is 1. The number of benzene rings is 1. The Bertz CT molecular complexity index is 746.